The average Bonchev–Trinajstić information content (AvgIpc) is 2.96. The molecule has 5 nitrogen and oxygen atoms in total. The maximum Gasteiger partial charge on any atom is 0.260 e. The number of hydrogen-bond donors (Lipinski definition) is 0. The second-order valence-corrected chi connectivity index (χ2v) is 7.57. The van der Waals surface area contributed by atoms with E-state index in [1.807, 2.05) is 9.80 Å². The molecule has 2 heterocycles. The van der Waals surface area contributed by atoms with Crippen LogP contribution in [-0.4, -0.2) is 54.4 Å². The van der Waals surface area contributed by atoms with Crippen LogP contribution in [0.4, 0.5) is 0 Å². The van der Waals surface area contributed by atoms with E-state index >= 15 is 0 Å². The summed E-state index contributed by atoms with van der Waals surface area (Å²) < 4.78 is 5.53. The van der Waals surface area contributed by atoms with Crippen LogP contribution in [0.3, 0.4) is 0 Å². The molecule has 2 amide bonds. The lowest BCUT2D eigenvalue weighted by Crippen LogP contribution is -2.45. The first-order valence-corrected chi connectivity index (χ1v) is 9.96. The summed E-state index contributed by atoms with van der Waals surface area (Å²) in [5, 5.41) is 0.639. The van der Waals surface area contributed by atoms with Gasteiger partial charge in [-0.25, -0.2) is 0 Å². The molecule has 0 unspecified atom stereocenters. The zero-order chi connectivity index (χ0) is 18.4. The highest BCUT2D eigenvalue weighted by atomic mass is 35.5. The molecule has 2 fully saturated rings. The van der Waals surface area contributed by atoms with E-state index in [9.17, 15) is 9.59 Å². The minimum absolute atomic E-state index is 0.0202. The van der Waals surface area contributed by atoms with Gasteiger partial charge in [0.05, 0.1) is 0 Å². The second-order valence-electron chi connectivity index (χ2n) is 7.14. The van der Waals surface area contributed by atoms with Crippen LogP contribution < -0.4 is 4.74 Å². The van der Waals surface area contributed by atoms with Crippen molar-refractivity contribution in [3.63, 3.8) is 0 Å². The number of nitrogens with zero attached hydrogens (tertiary/aromatic N) is 2. The molecular formula is C20H27ClN2O3. The first-order valence-electron chi connectivity index (χ1n) is 9.58. The van der Waals surface area contributed by atoms with Gasteiger partial charge < -0.3 is 14.5 Å². The van der Waals surface area contributed by atoms with Crippen molar-refractivity contribution in [2.24, 2.45) is 5.92 Å². The van der Waals surface area contributed by atoms with Crippen molar-refractivity contribution in [3.8, 4) is 5.75 Å². The fourth-order valence-electron chi connectivity index (χ4n) is 3.69. The molecule has 3 rings (SSSR count). The third kappa shape index (κ3) is 5.13. The normalized spacial score (nSPS) is 19.1. The summed E-state index contributed by atoms with van der Waals surface area (Å²) in [4.78, 5) is 28.9. The number of amides is 2. The standard InChI is InChI=1S/C20H27ClN2O3/c21-17-5-7-18(8-6-17)26-15-19(24)22-13-9-16(10-14-22)20(25)23-11-3-1-2-4-12-23/h5-8,16H,1-4,9-15H2. The van der Waals surface area contributed by atoms with Crippen molar-refractivity contribution in [2.45, 2.75) is 38.5 Å². The molecule has 142 valence electrons. The van der Waals surface area contributed by atoms with Gasteiger partial charge in [-0.2, -0.15) is 0 Å². The molecule has 1 aromatic carbocycles. The summed E-state index contributed by atoms with van der Waals surface area (Å²) in [6.07, 6.45) is 6.19. The van der Waals surface area contributed by atoms with Gasteiger partial charge >= 0.3 is 0 Å². The molecule has 0 spiro atoms. The molecule has 0 aromatic heterocycles. The Morgan fingerprint density at radius 1 is 0.923 bits per heavy atom. The zero-order valence-electron chi connectivity index (χ0n) is 15.2. The number of benzene rings is 1. The van der Waals surface area contributed by atoms with Gasteiger partial charge in [-0.3, -0.25) is 9.59 Å². The maximum absolute atomic E-state index is 12.7. The predicted octanol–water partition coefficient (Wildman–Crippen LogP) is 3.36. The highest BCUT2D eigenvalue weighted by molar-refractivity contribution is 6.30. The minimum atomic E-state index is -0.0272. The largest absolute Gasteiger partial charge is 0.484 e. The van der Waals surface area contributed by atoms with Crippen LogP contribution >= 0.6 is 11.6 Å². The van der Waals surface area contributed by atoms with Crippen LogP contribution in [0.2, 0.25) is 5.02 Å². The van der Waals surface area contributed by atoms with Crippen molar-refractivity contribution in [3.05, 3.63) is 29.3 Å². The Hall–Kier alpha value is -1.75. The Morgan fingerprint density at radius 3 is 2.15 bits per heavy atom. The summed E-state index contributed by atoms with van der Waals surface area (Å²) >= 11 is 5.84. The van der Waals surface area contributed by atoms with E-state index in [0.29, 0.717) is 23.9 Å². The number of ether oxygens (including phenoxy) is 1. The highest BCUT2D eigenvalue weighted by Gasteiger charge is 2.30. The van der Waals surface area contributed by atoms with Gasteiger partial charge in [0, 0.05) is 37.1 Å². The zero-order valence-corrected chi connectivity index (χ0v) is 15.9. The molecule has 0 bridgehead atoms. The number of likely N-dealkylation sites (tertiary alicyclic amines) is 2. The van der Waals surface area contributed by atoms with Crippen molar-refractivity contribution in [2.75, 3.05) is 32.8 Å². The minimum Gasteiger partial charge on any atom is -0.484 e. The Balaban J connectivity index is 1.43. The lowest BCUT2D eigenvalue weighted by Gasteiger charge is -2.34. The van der Waals surface area contributed by atoms with E-state index in [4.69, 9.17) is 16.3 Å². The fourth-order valence-corrected chi connectivity index (χ4v) is 3.82. The van der Waals surface area contributed by atoms with Crippen molar-refractivity contribution in [1.82, 2.24) is 9.80 Å². The van der Waals surface area contributed by atoms with E-state index < -0.39 is 0 Å². The molecule has 1 aromatic rings. The first kappa shape index (κ1) is 19.0. The fraction of sp³-hybridized carbons (Fsp3) is 0.600. The quantitative estimate of drug-likeness (QED) is 0.807. The summed E-state index contributed by atoms with van der Waals surface area (Å²) in [7, 11) is 0. The van der Waals surface area contributed by atoms with E-state index in [0.717, 1.165) is 38.8 Å². The van der Waals surface area contributed by atoms with Crippen LogP contribution in [0.15, 0.2) is 24.3 Å². The summed E-state index contributed by atoms with van der Waals surface area (Å²) in [5.74, 6) is 0.959. The molecule has 2 saturated heterocycles. The molecule has 2 aliphatic rings. The average molecular weight is 379 g/mol. The smallest absolute Gasteiger partial charge is 0.260 e. The predicted molar refractivity (Wildman–Crippen MR) is 101 cm³/mol. The topological polar surface area (TPSA) is 49.9 Å². The van der Waals surface area contributed by atoms with Gasteiger partial charge in [0.15, 0.2) is 6.61 Å². The molecular weight excluding hydrogens is 352 g/mol. The van der Waals surface area contributed by atoms with Gasteiger partial charge in [0.25, 0.3) is 5.91 Å². The Labute approximate surface area is 160 Å². The summed E-state index contributed by atoms with van der Waals surface area (Å²) in [6.45, 7) is 3.08. The van der Waals surface area contributed by atoms with Crippen LogP contribution in [-0.2, 0) is 9.59 Å². The highest BCUT2D eigenvalue weighted by Crippen LogP contribution is 2.22. The monoisotopic (exact) mass is 378 g/mol. The van der Waals surface area contributed by atoms with Gasteiger partial charge in [-0.1, -0.05) is 24.4 Å². The van der Waals surface area contributed by atoms with Crippen molar-refractivity contribution < 1.29 is 14.3 Å². The number of carbonyl (C=O) groups excluding carboxylic acids is 2. The Bertz CT molecular complexity index is 604. The van der Waals surface area contributed by atoms with Crippen LogP contribution in [0.1, 0.15) is 38.5 Å². The van der Waals surface area contributed by atoms with E-state index in [1.54, 1.807) is 24.3 Å². The number of hydrogen-bond acceptors (Lipinski definition) is 3. The summed E-state index contributed by atoms with van der Waals surface area (Å²) in [6, 6.07) is 6.98. The number of halogens is 1. The number of carbonyl (C=O) groups is 2. The third-order valence-electron chi connectivity index (χ3n) is 5.29. The number of rotatable bonds is 4. The van der Waals surface area contributed by atoms with Gasteiger partial charge in [0.2, 0.25) is 5.91 Å². The molecule has 0 N–H and O–H groups in total. The van der Waals surface area contributed by atoms with Gasteiger partial charge in [0.1, 0.15) is 5.75 Å². The first-order chi connectivity index (χ1) is 12.6. The van der Waals surface area contributed by atoms with Crippen LogP contribution in [0, 0.1) is 5.92 Å². The van der Waals surface area contributed by atoms with Crippen molar-refractivity contribution >= 4 is 23.4 Å². The SMILES string of the molecule is O=C(COc1ccc(Cl)cc1)N1CCC(C(=O)N2CCCCCC2)CC1. The molecule has 2 aliphatic heterocycles. The lowest BCUT2D eigenvalue weighted by molar-refractivity contribution is -0.141. The van der Waals surface area contributed by atoms with Crippen LogP contribution in [0.25, 0.3) is 0 Å². The molecule has 6 heteroatoms. The number of piperidine rings is 1. The van der Waals surface area contributed by atoms with Gasteiger partial charge in [-0.15, -0.1) is 0 Å². The summed E-state index contributed by atoms with van der Waals surface area (Å²) in [5.41, 5.74) is 0. The van der Waals surface area contributed by atoms with Crippen LogP contribution in [0.5, 0.6) is 5.75 Å². The van der Waals surface area contributed by atoms with Crippen molar-refractivity contribution in [1.29, 1.82) is 0 Å². The molecule has 0 radical (unpaired) electrons. The maximum atomic E-state index is 12.7. The molecule has 0 atom stereocenters. The third-order valence-corrected chi connectivity index (χ3v) is 5.54. The molecule has 0 saturated carbocycles. The van der Waals surface area contributed by atoms with E-state index in [2.05, 4.69) is 0 Å². The van der Waals surface area contributed by atoms with Gasteiger partial charge in [-0.05, 0) is 49.9 Å². The lowest BCUT2D eigenvalue weighted by atomic mass is 9.95. The Kier molecular flexibility index (Phi) is 6.78. The second kappa shape index (κ2) is 9.26. The van der Waals surface area contributed by atoms with E-state index in [-0.39, 0.29) is 24.3 Å². The Morgan fingerprint density at radius 2 is 1.54 bits per heavy atom. The van der Waals surface area contributed by atoms with E-state index in [1.165, 1.54) is 12.8 Å². The molecule has 0 aliphatic carbocycles. The molecule has 26 heavy (non-hydrogen) atoms.